The Kier molecular flexibility index (Phi) is 9.33. The minimum absolute atomic E-state index is 0.209. The quantitative estimate of drug-likeness (QED) is 0.255. The van der Waals surface area contributed by atoms with Gasteiger partial charge in [0.05, 0.1) is 35.0 Å². The zero-order chi connectivity index (χ0) is 27.2. The van der Waals surface area contributed by atoms with Crippen molar-refractivity contribution in [3.05, 3.63) is 78.0 Å². The summed E-state index contributed by atoms with van der Waals surface area (Å²) in [5.74, 6) is -1.31. The zero-order valence-corrected chi connectivity index (χ0v) is 21.8. The summed E-state index contributed by atoms with van der Waals surface area (Å²) in [6, 6.07) is 17.0. The standard InChI is InChI=1S/C26H32N4O6S/c1-18(2)37(35,36)30(17-25(32)29(3)34)16-24(31)23(15-19-9-5-4-6-10-19)28-26(33)21-13-14-27-22-12-8-7-11-20(21)22/h4-14,18,23-24,31,34H,15-17H2,1-3H3,(H,28,33)/t23-,24+/m0/s1. The van der Waals surface area contributed by atoms with Crippen molar-refractivity contribution >= 4 is 32.7 Å². The number of carbonyl (C=O) groups excluding carboxylic acids is 2. The van der Waals surface area contributed by atoms with Gasteiger partial charge >= 0.3 is 0 Å². The van der Waals surface area contributed by atoms with Crippen LogP contribution in [0.25, 0.3) is 10.9 Å². The molecule has 1 heterocycles. The number of hydrogen-bond donors (Lipinski definition) is 3. The molecule has 3 rings (SSSR count). The van der Waals surface area contributed by atoms with Gasteiger partial charge in [-0.25, -0.2) is 13.5 Å². The molecule has 37 heavy (non-hydrogen) atoms. The van der Waals surface area contributed by atoms with E-state index in [2.05, 4.69) is 10.3 Å². The van der Waals surface area contributed by atoms with Gasteiger partial charge in [0, 0.05) is 25.2 Å². The van der Waals surface area contributed by atoms with Crippen LogP contribution < -0.4 is 5.32 Å². The second-order valence-corrected chi connectivity index (χ2v) is 11.5. The number of hydrogen-bond acceptors (Lipinski definition) is 7. The largest absolute Gasteiger partial charge is 0.390 e. The number of fused-ring (bicyclic) bond motifs is 1. The van der Waals surface area contributed by atoms with Crippen molar-refractivity contribution in [2.24, 2.45) is 0 Å². The summed E-state index contributed by atoms with van der Waals surface area (Å²) in [5.41, 5.74) is 1.81. The van der Waals surface area contributed by atoms with E-state index in [4.69, 9.17) is 0 Å². The van der Waals surface area contributed by atoms with Crippen LogP contribution in [0.2, 0.25) is 0 Å². The Morgan fingerprint density at radius 2 is 1.68 bits per heavy atom. The van der Waals surface area contributed by atoms with Crippen molar-refractivity contribution in [1.82, 2.24) is 19.7 Å². The highest BCUT2D eigenvalue weighted by Gasteiger charge is 2.33. The highest BCUT2D eigenvalue weighted by atomic mass is 32.2. The molecule has 3 aromatic rings. The van der Waals surface area contributed by atoms with E-state index in [-0.39, 0.29) is 6.42 Å². The third-order valence-electron chi connectivity index (χ3n) is 5.99. The van der Waals surface area contributed by atoms with E-state index < -0.39 is 52.3 Å². The molecule has 0 aliphatic heterocycles. The summed E-state index contributed by atoms with van der Waals surface area (Å²) < 4.78 is 26.8. The highest BCUT2D eigenvalue weighted by molar-refractivity contribution is 7.89. The number of nitrogens with zero attached hydrogens (tertiary/aromatic N) is 3. The molecule has 198 valence electrons. The molecule has 0 saturated heterocycles. The van der Waals surface area contributed by atoms with Gasteiger partial charge in [-0.05, 0) is 38.0 Å². The molecule has 2 amide bonds. The first-order chi connectivity index (χ1) is 17.5. The van der Waals surface area contributed by atoms with Crippen LogP contribution in [0.15, 0.2) is 66.9 Å². The van der Waals surface area contributed by atoms with Gasteiger partial charge in [0.25, 0.3) is 11.8 Å². The average molecular weight is 529 g/mol. The van der Waals surface area contributed by atoms with Crippen molar-refractivity contribution in [2.45, 2.75) is 37.7 Å². The normalized spacial score (nSPS) is 13.5. The lowest BCUT2D eigenvalue weighted by Gasteiger charge is -2.31. The van der Waals surface area contributed by atoms with Crippen molar-refractivity contribution in [1.29, 1.82) is 0 Å². The lowest BCUT2D eigenvalue weighted by atomic mass is 10.00. The topological polar surface area (TPSA) is 140 Å². The van der Waals surface area contributed by atoms with Gasteiger partial charge in [-0.3, -0.25) is 19.8 Å². The van der Waals surface area contributed by atoms with Gasteiger partial charge in [0.1, 0.15) is 0 Å². The number of pyridine rings is 1. The average Bonchev–Trinajstić information content (AvgIpc) is 2.87. The Balaban J connectivity index is 1.92. The molecule has 0 fully saturated rings. The molecular formula is C26H32N4O6S. The van der Waals surface area contributed by atoms with Crippen LogP contribution in [0.4, 0.5) is 0 Å². The lowest BCUT2D eigenvalue weighted by molar-refractivity contribution is -0.159. The van der Waals surface area contributed by atoms with Gasteiger partial charge in [-0.15, -0.1) is 0 Å². The molecule has 0 unspecified atom stereocenters. The number of aromatic nitrogens is 1. The third kappa shape index (κ3) is 7.10. The number of benzene rings is 2. The zero-order valence-electron chi connectivity index (χ0n) is 21.0. The molecule has 3 N–H and O–H groups in total. The van der Waals surface area contributed by atoms with E-state index in [1.54, 1.807) is 24.3 Å². The van der Waals surface area contributed by atoms with Gasteiger partial charge in [0.15, 0.2) is 0 Å². The second kappa shape index (κ2) is 12.2. The number of nitrogens with one attached hydrogen (secondary N) is 1. The van der Waals surface area contributed by atoms with Crippen LogP contribution >= 0.6 is 0 Å². The molecule has 1 aromatic heterocycles. The molecule has 10 nitrogen and oxygen atoms in total. The molecule has 2 atom stereocenters. The summed E-state index contributed by atoms with van der Waals surface area (Å²) in [6.07, 6.45) is 0.358. The summed E-state index contributed by atoms with van der Waals surface area (Å²) in [5, 5.41) is 23.6. The second-order valence-electron chi connectivity index (χ2n) is 9.02. The number of sulfonamides is 1. The molecular weight excluding hydrogens is 496 g/mol. The summed E-state index contributed by atoms with van der Waals surface area (Å²) in [4.78, 5) is 29.8. The van der Waals surface area contributed by atoms with Crippen LogP contribution in [-0.4, -0.2) is 82.4 Å². The third-order valence-corrected chi connectivity index (χ3v) is 8.18. The van der Waals surface area contributed by atoms with Gasteiger partial charge in [0.2, 0.25) is 10.0 Å². The lowest BCUT2D eigenvalue weighted by Crippen LogP contribution is -2.53. The molecule has 11 heteroatoms. The number of amides is 2. The fourth-order valence-electron chi connectivity index (χ4n) is 3.84. The number of likely N-dealkylation sites (N-methyl/N-ethyl adjacent to an activating group) is 1. The van der Waals surface area contributed by atoms with Crippen LogP contribution in [0.3, 0.4) is 0 Å². The molecule has 2 aromatic carbocycles. The van der Waals surface area contributed by atoms with Gasteiger partial charge in [-0.1, -0.05) is 48.5 Å². The minimum Gasteiger partial charge on any atom is -0.390 e. The SMILES string of the molecule is CC(C)S(=O)(=O)N(CC(=O)N(C)O)C[C@@H](O)[C@H](Cc1ccccc1)NC(=O)c1ccnc2ccccc12. The van der Waals surface area contributed by atoms with Gasteiger partial charge < -0.3 is 10.4 Å². The molecule has 0 spiro atoms. The number of rotatable bonds is 11. The smallest absolute Gasteiger partial charge is 0.260 e. The predicted octanol–water partition coefficient (Wildman–Crippen LogP) is 1.82. The molecule has 0 radical (unpaired) electrons. The summed E-state index contributed by atoms with van der Waals surface area (Å²) in [6.45, 7) is 1.79. The molecule has 0 bridgehead atoms. The van der Waals surface area contributed by atoms with E-state index in [1.165, 1.54) is 20.0 Å². The van der Waals surface area contributed by atoms with Crippen LogP contribution in [0.1, 0.15) is 29.8 Å². The first-order valence-electron chi connectivity index (χ1n) is 11.8. The number of carbonyl (C=O) groups is 2. The highest BCUT2D eigenvalue weighted by Crippen LogP contribution is 2.18. The van der Waals surface area contributed by atoms with E-state index in [0.29, 0.717) is 21.5 Å². The minimum atomic E-state index is -3.98. The van der Waals surface area contributed by atoms with E-state index >= 15 is 0 Å². The first-order valence-corrected chi connectivity index (χ1v) is 13.3. The monoisotopic (exact) mass is 528 g/mol. The Bertz CT molecular complexity index is 1330. The van der Waals surface area contributed by atoms with Crippen LogP contribution in [0, 0.1) is 0 Å². The maximum absolute atomic E-state index is 13.3. The van der Waals surface area contributed by atoms with Gasteiger partial charge in [-0.2, -0.15) is 4.31 Å². The molecule has 0 aliphatic rings. The Labute approximate surface area is 216 Å². The fourth-order valence-corrected chi connectivity index (χ4v) is 5.08. The van der Waals surface area contributed by atoms with E-state index in [1.807, 2.05) is 36.4 Å². The van der Waals surface area contributed by atoms with E-state index in [0.717, 1.165) is 16.9 Å². The Morgan fingerprint density at radius 3 is 2.32 bits per heavy atom. The number of aliphatic hydroxyl groups excluding tert-OH is 1. The summed E-state index contributed by atoms with van der Waals surface area (Å²) >= 11 is 0. The van der Waals surface area contributed by atoms with Crippen molar-refractivity contribution in [3.8, 4) is 0 Å². The number of para-hydroxylation sites is 1. The Hall–Kier alpha value is -3.38. The number of hydroxylamine groups is 2. The van der Waals surface area contributed by atoms with Crippen molar-refractivity contribution < 1.29 is 28.3 Å². The van der Waals surface area contributed by atoms with E-state index in [9.17, 15) is 28.3 Å². The number of aliphatic hydroxyl groups is 1. The fraction of sp³-hybridized carbons (Fsp3) is 0.346. The van der Waals surface area contributed by atoms with Crippen LogP contribution in [0.5, 0.6) is 0 Å². The first kappa shape index (κ1) is 28.2. The molecule has 0 saturated carbocycles. The maximum Gasteiger partial charge on any atom is 0.260 e. The Morgan fingerprint density at radius 1 is 1.03 bits per heavy atom. The van der Waals surface area contributed by atoms with Crippen molar-refractivity contribution in [3.63, 3.8) is 0 Å². The van der Waals surface area contributed by atoms with Crippen LogP contribution in [-0.2, 0) is 21.2 Å². The summed E-state index contributed by atoms with van der Waals surface area (Å²) in [7, 11) is -2.89. The maximum atomic E-state index is 13.3. The molecule has 0 aliphatic carbocycles. The predicted molar refractivity (Wildman–Crippen MR) is 139 cm³/mol. The van der Waals surface area contributed by atoms with Crippen molar-refractivity contribution in [2.75, 3.05) is 20.1 Å².